The highest BCUT2D eigenvalue weighted by Crippen LogP contribution is 1.97. The van der Waals surface area contributed by atoms with Crippen molar-refractivity contribution in [1.29, 1.82) is 0 Å². The molecular weight excluding hydrogens is 182 g/mol. The van der Waals surface area contributed by atoms with Gasteiger partial charge in [0.1, 0.15) is 5.69 Å². The molecule has 0 saturated carbocycles. The van der Waals surface area contributed by atoms with Crippen LogP contribution >= 0.6 is 0 Å². The number of ether oxygens (including phenoxy) is 1. The molecule has 0 bridgehead atoms. The summed E-state index contributed by atoms with van der Waals surface area (Å²) >= 11 is 0. The van der Waals surface area contributed by atoms with Crippen LogP contribution in [-0.4, -0.2) is 23.2 Å². The quantitative estimate of drug-likeness (QED) is 0.505. The molecule has 1 heterocycles. The molecule has 0 aliphatic carbocycles. The Kier molecular flexibility index (Phi) is 3.65. The van der Waals surface area contributed by atoms with Crippen LogP contribution in [0.4, 0.5) is 0 Å². The summed E-state index contributed by atoms with van der Waals surface area (Å²) in [6.07, 6.45) is 0. The van der Waals surface area contributed by atoms with Gasteiger partial charge in [0.15, 0.2) is 0 Å². The molecule has 1 N–H and O–H groups in total. The maximum absolute atomic E-state index is 10.7. The minimum Gasteiger partial charge on any atom is -0.459 e. The molecule has 0 aliphatic heterocycles. The Bertz CT molecular complexity index is 390. The summed E-state index contributed by atoms with van der Waals surface area (Å²) in [5.41, 5.74) is 0.948. The van der Waals surface area contributed by atoms with Crippen molar-refractivity contribution in [2.75, 3.05) is 7.11 Å². The lowest BCUT2D eigenvalue weighted by Gasteiger charge is -1.94. The van der Waals surface area contributed by atoms with Crippen molar-refractivity contribution in [3.63, 3.8) is 0 Å². The minimum absolute atomic E-state index is 0.145. The number of hydrogen-bond acceptors (Lipinski definition) is 4. The predicted octanol–water partition coefficient (Wildman–Crippen LogP) is 0.0984. The number of aliphatic hydroxyl groups excluding tert-OH is 1. The first kappa shape index (κ1) is 10.2. The number of carbonyl (C=O) groups is 1. The fraction of sp³-hybridized carbons (Fsp3) is 0.200. The van der Waals surface area contributed by atoms with Crippen molar-refractivity contribution in [2.45, 2.75) is 6.61 Å². The van der Waals surface area contributed by atoms with E-state index in [1.807, 2.05) is 0 Å². The zero-order valence-electron chi connectivity index (χ0n) is 7.65. The summed E-state index contributed by atoms with van der Waals surface area (Å²) in [5, 5.41) is 8.78. The van der Waals surface area contributed by atoms with Crippen molar-refractivity contribution in [3.8, 4) is 11.8 Å². The topological polar surface area (TPSA) is 59.4 Å². The Morgan fingerprint density at radius 3 is 3.07 bits per heavy atom. The number of pyridine rings is 1. The van der Waals surface area contributed by atoms with E-state index in [0.29, 0.717) is 11.4 Å². The molecular formula is C10H9NO3. The molecule has 4 nitrogen and oxygen atoms in total. The van der Waals surface area contributed by atoms with Crippen molar-refractivity contribution in [1.82, 2.24) is 4.98 Å². The standard InChI is InChI=1S/C10H9NO3/c1-14-10(13)6-5-8-3-2-4-9(7-12)11-8/h2-4,12H,7H2,1H3. The monoisotopic (exact) mass is 191 g/mol. The number of nitrogens with zero attached hydrogens (tertiary/aromatic N) is 1. The number of aliphatic hydroxyl groups is 1. The van der Waals surface area contributed by atoms with Crippen molar-refractivity contribution in [2.24, 2.45) is 0 Å². The van der Waals surface area contributed by atoms with E-state index in [4.69, 9.17) is 5.11 Å². The zero-order chi connectivity index (χ0) is 10.4. The lowest BCUT2D eigenvalue weighted by atomic mass is 10.3. The highest BCUT2D eigenvalue weighted by atomic mass is 16.5. The molecule has 0 amide bonds. The van der Waals surface area contributed by atoms with Crippen LogP contribution in [0.2, 0.25) is 0 Å². The average molecular weight is 191 g/mol. The van der Waals surface area contributed by atoms with Crippen molar-refractivity contribution < 1.29 is 14.6 Å². The van der Waals surface area contributed by atoms with E-state index in [1.54, 1.807) is 18.2 Å². The van der Waals surface area contributed by atoms with Crippen molar-refractivity contribution in [3.05, 3.63) is 29.6 Å². The van der Waals surface area contributed by atoms with E-state index in [9.17, 15) is 4.79 Å². The lowest BCUT2D eigenvalue weighted by Crippen LogP contribution is -1.96. The van der Waals surface area contributed by atoms with Crippen LogP contribution in [0.15, 0.2) is 18.2 Å². The summed E-state index contributed by atoms with van der Waals surface area (Å²) in [6, 6.07) is 5.03. The van der Waals surface area contributed by atoms with Crippen LogP contribution in [0.5, 0.6) is 0 Å². The van der Waals surface area contributed by atoms with Gasteiger partial charge in [-0.2, -0.15) is 0 Å². The first-order valence-electron chi connectivity index (χ1n) is 3.93. The molecule has 72 valence electrons. The lowest BCUT2D eigenvalue weighted by molar-refractivity contribution is -0.133. The molecule has 1 rings (SSSR count). The Morgan fingerprint density at radius 1 is 1.64 bits per heavy atom. The van der Waals surface area contributed by atoms with Gasteiger partial charge in [0.25, 0.3) is 0 Å². The third-order valence-corrected chi connectivity index (χ3v) is 1.45. The summed E-state index contributed by atoms with van der Waals surface area (Å²) in [7, 11) is 1.26. The molecule has 0 aromatic carbocycles. The summed E-state index contributed by atoms with van der Waals surface area (Å²) < 4.78 is 4.34. The average Bonchev–Trinajstić information content (AvgIpc) is 2.26. The fourth-order valence-electron chi connectivity index (χ4n) is 0.803. The number of rotatable bonds is 1. The van der Waals surface area contributed by atoms with E-state index in [2.05, 4.69) is 21.6 Å². The molecule has 1 aromatic rings. The summed E-state index contributed by atoms with van der Waals surface area (Å²) in [4.78, 5) is 14.6. The van der Waals surface area contributed by atoms with Gasteiger partial charge in [-0.25, -0.2) is 9.78 Å². The van der Waals surface area contributed by atoms with Crippen molar-refractivity contribution >= 4 is 5.97 Å². The third-order valence-electron chi connectivity index (χ3n) is 1.45. The van der Waals surface area contributed by atoms with Crippen LogP contribution in [0.25, 0.3) is 0 Å². The zero-order valence-corrected chi connectivity index (χ0v) is 7.65. The van der Waals surface area contributed by atoms with Gasteiger partial charge in [-0.3, -0.25) is 0 Å². The first-order valence-corrected chi connectivity index (χ1v) is 3.93. The first-order chi connectivity index (χ1) is 6.76. The van der Waals surface area contributed by atoms with Crippen LogP contribution in [0.1, 0.15) is 11.4 Å². The van der Waals surface area contributed by atoms with Gasteiger partial charge in [-0.05, 0) is 18.1 Å². The van der Waals surface area contributed by atoms with Gasteiger partial charge in [-0.1, -0.05) is 6.07 Å². The van der Waals surface area contributed by atoms with Gasteiger partial charge < -0.3 is 9.84 Å². The molecule has 0 fully saturated rings. The molecule has 0 unspecified atom stereocenters. The maximum atomic E-state index is 10.7. The predicted molar refractivity (Wildman–Crippen MR) is 49.1 cm³/mol. The third kappa shape index (κ3) is 2.88. The second-order valence-electron chi connectivity index (χ2n) is 2.41. The van der Waals surface area contributed by atoms with Gasteiger partial charge in [-0.15, -0.1) is 0 Å². The number of carbonyl (C=O) groups excluding carboxylic acids is 1. The van der Waals surface area contributed by atoms with E-state index in [1.165, 1.54) is 7.11 Å². The van der Waals surface area contributed by atoms with E-state index in [0.717, 1.165) is 0 Å². The Labute approximate surface area is 81.5 Å². The van der Waals surface area contributed by atoms with Gasteiger partial charge >= 0.3 is 5.97 Å². The van der Waals surface area contributed by atoms with Crippen LogP contribution in [0, 0.1) is 11.8 Å². The van der Waals surface area contributed by atoms with E-state index >= 15 is 0 Å². The Morgan fingerprint density at radius 2 is 2.43 bits per heavy atom. The second-order valence-corrected chi connectivity index (χ2v) is 2.41. The molecule has 0 atom stereocenters. The molecule has 4 heteroatoms. The fourth-order valence-corrected chi connectivity index (χ4v) is 0.803. The van der Waals surface area contributed by atoms with Crippen LogP contribution in [0.3, 0.4) is 0 Å². The molecule has 0 aliphatic rings. The smallest absolute Gasteiger partial charge is 0.384 e. The highest BCUT2D eigenvalue weighted by Gasteiger charge is 1.94. The maximum Gasteiger partial charge on any atom is 0.384 e. The van der Waals surface area contributed by atoms with E-state index in [-0.39, 0.29) is 6.61 Å². The highest BCUT2D eigenvalue weighted by molar-refractivity contribution is 5.88. The molecule has 0 radical (unpaired) electrons. The minimum atomic E-state index is -0.610. The number of esters is 1. The Balaban J connectivity index is 2.84. The van der Waals surface area contributed by atoms with Gasteiger partial charge in [0.2, 0.25) is 0 Å². The SMILES string of the molecule is COC(=O)C#Cc1cccc(CO)n1. The van der Waals surface area contributed by atoms with Gasteiger partial charge in [0, 0.05) is 5.92 Å². The Hall–Kier alpha value is -1.86. The summed E-state index contributed by atoms with van der Waals surface area (Å²) in [5.74, 6) is 4.16. The molecule has 0 spiro atoms. The number of aromatic nitrogens is 1. The van der Waals surface area contributed by atoms with Crippen LogP contribution in [-0.2, 0) is 16.1 Å². The van der Waals surface area contributed by atoms with Crippen LogP contribution < -0.4 is 0 Å². The second kappa shape index (κ2) is 5.00. The largest absolute Gasteiger partial charge is 0.459 e. The normalized spacial score (nSPS) is 8.71. The summed E-state index contributed by atoms with van der Waals surface area (Å²) in [6.45, 7) is -0.145. The number of methoxy groups -OCH3 is 1. The molecule has 0 saturated heterocycles. The van der Waals surface area contributed by atoms with Gasteiger partial charge in [0.05, 0.1) is 19.4 Å². The number of hydrogen-bond donors (Lipinski definition) is 1. The van der Waals surface area contributed by atoms with E-state index < -0.39 is 5.97 Å². The molecule has 14 heavy (non-hydrogen) atoms. The molecule has 1 aromatic heterocycles.